The van der Waals surface area contributed by atoms with Crippen molar-refractivity contribution in [3.63, 3.8) is 0 Å². The minimum Gasteiger partial charge on any atom is -0.393 e. The van der Waals surface area contributed by atoms with Crippen molar-refractivity contribution in [2.24, 2.45) is 11.8 Å². The number of aliphatic hydroxyl groups excluding tert-OH is 1. The molecule has 72 valence electrons. The van der Waals surface area contributed by atoms with Crippen LogP contribution >= 0.6 is 0 Å². The van der Waals surface area contributed by atoms with Crippen LogP contribution < -0.4 is 0 Å². The summed E-state index contributed by atoms with van der Waals surface area (Å²) in [6, 6.07) is 0. The summed E-state index contributed by atoms with van der Waals surface area (Å²) in [6.45, 7) is 1.43. The van der Waals surface area contributed by atoms with Gasteiger partial charge in [0.05, 0.1) is 12.7 Å². The van der Waals surface area contributed by atoms with Crippen LogP contribution in [0, 0.1) is 11.8 Å². The van der Waals surface area contributed by atoms with Gasteiger partial charge in [0.1, 0.15) is 0 Å². The lowest BCUT2D eigenvalue weighted by Crippen LogP contribution is -2.17. The third-order valence-corrected chi connectivity index (χ3v) is 2.54. The molecule has 0 aromatic heterocycles. The molecule has 1 rings (SSSR count). The van der Waals surface area contributed by atoms with Crippen LogP contribution in [-0.2, 0) is 9.47 Å². The second-order valence-electron chi connectivity index (χ2n) is 3.58. The van der Waals surface area contributed by atoms with Gasteiger partial charge in [0, 0.05) is 26.7 Å². The smallest absolute Gasteiger partial charge is 0.0594 e. The predicted octanol–water partition coefficient (Wildman–Crippen LogP) is 0.666. The van der Waals surface area contributed by atoms with Crippen molar-refractivity contribution in [1.82, 2.24) is 0 Å². The zero-order valence-corrected chi connectivity index (χ0v) is 7.82. The highest BCUT2D eigenvalue weighted by molar-refractivity contribution is 4.82. The predicted molar refractivity (Wildman–Crippen MR) is 46.0 cm³/mol. The lowest BCUT2D eigenvalue weighted by molar-refractivity contribution is 0.0681. The van der Waals surface area contributed by atoms with Crippen LogP contribution in [0.25, 0.3) is 0 Å². The van der Waals surface area contributed by atoms with E-state index in [2.05, 4.69) is 0 Å². The molecule has 0 aliphatic heterocycles. The Kier molecular flexibility index (Phi) is 3.98. The highest BCUT2D eigenvalue weighted by Crippen LogP contribution is 2.31. The fourth-order valence-corrected chi connectivity index (χ4v) is 1.98. The standard InChI is InChI=1S/C9H18O3/c1-11-5-7-3-8(6-12-2)9(10)4-7/h7-10H,3-6H2,1-2H3. The molecular formula is C9H18O3. The molecular weight excluding hydrogens is 156 g/mol. The molecule has 0 aromatic rings. The Morgan fingerprint density at radius 2 is 1.83 bits per heavy atom. The number of ether oxygens (including phenoxy) is 2. The monoisotopic (exact) mass is 174 g/mol. The summed E-state index contributed by atoms with van der Waals surface area (Å²) in [7, 11) is 3.38. The molecule has 0 bridgehead atoms. The summed E-state index contributed by atoms with van der Waals surface area (Å²) in [5.74, 6) is 0.834. The van der Waals surface area contributed by atoms with Crippen LogP contribution in [0.1, 0.15) is 12.8 Å². The molecule has 3 heteroatoms. The van der Waals surface area contributed by atoms with E-state index in [0.29, 0.717) is 18.4 Å². The van der Waals surface area contributed by atoms with E-state index in [1.165, 1.54) is 0 Å². The fourth-order valence-electron chi connectivity index (χ4n) is 1.98. The van der Waals surface area contributed by atoms with Gasteiger partial charge in [-0.05, 0) is 18.8 Å². The molecule has 1 N–H and O–H groups in total. The van der Waals surface area contributed by atoms with E-state index in [0.717, 1.165) is 19.4 Å². The van der Waals surface area contributed by atoms with Gasteiger partial charge >= 0.3 is 0 Å². The average Bonchev–Trinajstić information content (AvgIpc) is 2.34. The highest BCUT2D eigenvalue weighted by atomic mass is 16.5. The van der Waals surface area contributed by atoms with Crippen molar-refractivity contribution < 1.29 is 14.6 Å². The number of hydrogen-bond acceptors (Lipinski definition) is 3. The summed E-state index contributed by atoms with van der Waals surface area (Å²) < 4.78 is 10.1. The molecule has 0 saturated heterocycles. The normalized spacial score (nSPS) is 35.8. The number of methoxy groups -OCH3 is 2. The lowest BCUT2D eigenvalue weighted by Gasteiger charge is -2.11. The Labute approximate surface area is 73.7 Å². The molecule has 12 heavy (non-hydrogen) atoms. The third-order valence-electron chi connectivity index (χ3n) is 2.54. The van der Waals surface area contributed by atoms with Gasteiger partial charge in [-0.25, -0.2) is 0 Å². The molecule has 0 heterocycles. The highest BCUT2D eigenvalue weighted by Gasteiger charge is 2.32. The van der Waals surface area contributed by atoms with E-state index in [1.54, 1.807) is 14.2 Å². The van der Waals surface area contributed by atoms with Crippen LogP contribution in [0.3, 0.4) is 0 Å². The van der Waals surface area contributed by atoms with Crippen molar-refractivity contribution >= 4 is 0 Å². The molecule has 0 radical (unpaired) electrons. The fraction of sp³-hybridized carbons (Fsp3) is 1.00. The van der Waals surface area contributed by atoms with Gasteiger partial charge in [-0.3, -0.25) is 0 Å². The number of rotatable bonds is 4. The number of hydrogen-bond donors (Lipinski definition) is 1. The van der Waals surface area contributed by atoms with Gasteiger partial charge in [0.25, 0.3) is 0 Å². The van der Waals surface area contributed by atoms with Crippen LogP contribution in [0.4, 0.5) is 0 Å². The first-order valence-corrected chi connectivity index (χ1v) is 4.43. The van der Waals surface area contributed by atoms with Crippen LogP contribution in [0.15, 0.2) is 0 Å². The molecule has 0 aromatic carbocycles. The lowest BCUT2D eigenvalue weighted by atomic mass is 10.1. The van der Waals surface area contributed by atoms with Crippen molar-refractivity contribution in [2.45, 2.75) is 18.9 Å². The molecule has 1 fully saturated rings. The van der Waals surface area contributed by atoms with Gasteiger partial charge in [-0.15, -0.1) is 0 Å². The second kappa shape index (κ2) is 4.80. The van der Waals surface area contributed by atoms with E-state index in [4.69, 9.17) is 9.47 Å². The van der Waals surface area contributed by atoms with E-state index >= 15 is 0 Å². The molecule has 0 amide bonds. The first kappa shape index (κ1) is 9.96. The van der Waals surface area contributed by atoms with Crippen molar-refractivity contribution in [3.8, 4) is 0 Å². The van der Waals surface area contributed by atoms with Crippen LogP contribution in [0.2, 0.25) is 0 Å². The zero-order valence-electron chi connectivity index (χ0n) is 7.82. The van der Waals surface area contributed by atoms with Crippen LogP contribution in [0.5, 0.6) is 0 Å². The van der Waals surface area contributed by atoms with E-state index in [9.17, 15) is 5.11 Å². The molecule has 3 atom stereocenters. The summed E-state index contributed by atoms with van der Waals surface area (Å²) in [4.78, 5) is 0. The maximum atomic E-state index is 9.58. The van der Waals surface area contributed by atoms with Gasteiger partial charge in [0.2, 0.25) is 0 Å². The molecule has 0 spiro atoms. The van der Waals surface area contributed by atoms with Gasteiger partial charge in [-0.1, -0.05) is 0 Å². The quantitative estimate of drug-likeness (QED) is 0.680. The molecule has 3 nitrogen and oxygen atoms in total. The van der Waals surface area contributed by atoms with E-state index in [1.807, 2.05) is 0 Å². The first-order valence-electron chi connectivity index (χ1n) is 4.43. The summed E-state index contributed by atoms with van der Waals surface area (Å²) in [6.07, 6.45) is 1.70. The van der Waals surface area contributed by atoms with E-state index in [-0.39, 0.29) is 6.10 Å². The Morgan fingerprint density at radius 3 is 2.42 bits per heavy atom. The average molecular weight is 174 g/mol. The second-order valence-corrected chi connectivity index (χ2v) is 3.58. The van der Waals surface area contributed by atoms with Crippen molar-refractivity contribution in [2.75, 3.05) is 27.4 Å². The molecule has 1 saturated carbocycles. The summed E-state index contributed by atoms with van der Waals surface area (Å²) >= 11 is 0. The Hall–Kier alpha value is -0.120. The van der Waals surface area contributed by atoms with Crippen molar-refractivity contribution in [1.29, 1.82) is 0 Å². The Morgan fingerprint density at radius 1 is 1.17 bits per heavy atom. The first-order chi connectivity index (χ1) is 5.77. The summed E-state index contributed by atoms with van der Waals surface area (Å²) in [5.41, 5.74) is 0. The molecule has 3 unspecified atom stereocenters. The minimum absolute atomic E-state index is 0.190. The topological polar surface area (TPSA) is 38.7 Å². The van der Waals surface area contributed by atoms with Crippen LogP contribution in [-0.4, -0.2) is 38.6 Å². The Bertz CT molecular complexity index is 127. The largest absolute Gasteiger partial charge is 0.393 e. The van der Waals surface area contributed by atoms with E-state index < -0.39 is 0 Å². The Balaban J connectivity index is 2.29. The SMILES string of the molecule is COCC1CC(O)C(COC)C1. The van der Waals surface area contributed by atoms with Gasteiger partial charge in [0.15, 0.2) is 0 Å². The van der Waals surface area contributed by atoms with Gasteiger partial charge in [-0.2, -0.15) is 0 Å². The number of aliphatic hydroxyl groups is 1. The maximum Gasteiger partial charge on any atom is 0.0594 e. The van der Waals surface area contributed by atoms with Crippen molar-refractivity contribution in [3.05, 3.63) is 0 Å². The minimum atomic E-state index is -0.190. The molecule has 1 aliphatic rings. The zero-order chi connectivity index (χ0) is 8.97. The maximum absolute atomic E-state index is 9.58. The summed E-state index contributed by atoms with van der Waals surface area (Å²) in [5, 5.41) is 9.58. The molecule has 1 aliphatic carbocycles. The third kappa shape index (κ3) is 2.44. The van der Waals surface area contributed by atoms with Gasteiger partial charge < -0.3 is 14.6 Å².